The van der Waals surface area contributed by atoms with Gasteiger partial charge in [0, 0.05) is 23.8 Å². The zero-order valence-corrected chi connectivity index (χ0v) is 11.3. The Hall–Kier alpha value is -1.87. The molecule has 1 aromatic heterocycles. The topological polar surface area (TPSA) is 39.2 Å². The van der Waals surface area contributed by atoms with Crippen LogP contribution in [0.4, 0.5) is 0 Å². The molecule has 2 aromatic rings. The molecule has 0 aliphatic heterocycles. The Kier molecular flexibility index (Phi) is 4.53. The first kappa shape index (κ1) is 13.6. The second-order valence-electron chi connectivity index (χ2n) is 4.22. The van der Waals surface area contributed by atoms with Crippen molar-refractivity contribution in [3.63, 3.8) is 0 Å². The standard InChI is InChI=1S/C15H14ClNO2/c1-11(19-14-4-2-3-13(16)10-14)15(18)9-12-5-7-17-8-6-12/h2-8,10-11H,9H2,1H3. The number of nitrogens with zero attached hydrogens (tertiary/aromatic N) is 1. The van der Waals surface area contributed by atoms with Gasteiger partial charge in [0.15, 0.2) is 11.9 Å². The average molecular weight is 276 g/mol. The summed E-state index contributed by atoms with van der Waals surface area (Å²) >= 11 is 5.87. The van der Waals surface area contributed by atoms with Crippen molar-refractivity contribution >= 4 is 17.4 Å². The molecule has 3 nitrogen and oxygen atoms in total. The van der Waals surface area contributed by atoms with Gasteiger partial charge < -0.3 is 4.74 Å². The summed E-state index contributed by atoms with van der Waals surface area (Å²) in [6.07, 6.45) is 3.17. The lowest BCUT2D eigenvalue weighted by molar-refractivity contribution is -0.124. The first-order chi connectivity index (χ1) is 9.15. The van der Waals surface area contributed by atoms with Gasteiger partial charge in [-0.1, -0.05) is 17.7 Å². The molecule has 2 rings (SSSR count). The molecular formula is C15H14ClNO2. The SMILES string of the molecule is CC(Oc1cccc(Cl)c1)C(=O)Cc1ccncc1. The third-order valence-electron chi connectivity index (χ3n) is 2.69. The van der Waals surface area contributed by atoms with E-state index in [-0.39, 0.29) is 5.78 Å². The van der Waals surface area contributed by atoms with E-state index < -0.39 is 6.10 Å². The zero-order chi connectivity index (χ0) is 13.7. The maximum atomic E-state index is 12.0. The van der Waals surface area contributed by atoms with Crippen molar-refractivity contribution in [2.75, 3.05) is 0 Å². The number of aromatic nitrogens is 1. The van der Waals surface area contributed by atoms with Gasteiger partial charge >= 0.3 is 0 Å². The van der Waals surface area contributed by atoms with Gasteiger partial charge in [0.1, 0.15) is 5.75 Å². The van der Waals surface area contributed by atoms with Crippen LogP contribution in [0.3, 0.4) is 0 Å². The van der Waals surface area contributed by atoms with Gasteiger partial charge in [-0.2, -0.15) is 0 Å². The van der Waals surface area contributed by atoms with Gasteiger partial charge in [0.05, 0.1) is 0 Å². The Morgan fingerprint density at radius 3 is 2.74 bits per heavy atom. The predicted molar refractivity (Wildman–Crippen MR) is 74.5 cm³/mol. The third kappa shape index (κ3) is 4.07. The summed E-state index contributed by atoms with van der Waals surface area (Å²) in [4.78, 5) is 15.9. The molecule has 98 valence electrons. The average Bonchev–Trinajstić information content (AvgIpc) is 2.40. The van der Waals surface area contributed by atoms with Crippen LogP contribution in [0.2, 0.25) is 5.02 Å². The summed E-state index contributed by atoms with van der Waals surface area (Å²) in [6, 6.07) is 10.7. The summed E-state index contributed by atoms with van der Waals surface area (Å²) < 4.78 is 5.58. The van der Waals surface area contributed by atoms with E-state index in [2.05, 4.69) is 4.98 Å². The number of rotatable bonds is 5. The molecule has 0 radical (unpaired) electrons. The lowest BCUT2D eigenvalue weighted by atomic mass is 10.1. The minimum atomic E-state index is -0.508. The van der Waals surface area contributed by atoms with Gasteiger partial charge in [-0.3, -0.25) is 9.78 Å². The molecule has 1 atom stereocenters. The maximum Gasteiger partial charge on any atom is 0.177 e. The fourth-order valence-electron chi connectivity index (χ4n) is 1.66. The number of ketones is 1. The van der Waals surface area contributed by atoms with E-state index in [1.54, 1.807) is 43.6 Å². The van der Waals surface area contributed by atoms with Crippen LogP contribution < -0.4 is 4.74 Å². The molecule has 1 aromatic carbocycles. The molecule has 0 saturated carbocycles. The van der Waals surface area contributed by atoms with E-state index in [0.29, 0.717) is 17.2 Å². The zero-order valence-electron chi connectivity index (χ0n) is 10.5. The summed E-state index contributed by atoms with van der Waals surface area (Å²) in [5.41, 5.74) is 0.932. The number of carbonyl (C=O) groups excluding carboxylic acids is 1. The van der Waals surface area contributed by atoms with Crippen molar-refractivity contribution in [1.82, 2.24) is 4.98 Å². The second kappa shape index (κ2) is 6.34. The summed E-state index contributed by atoms with van der Waals surface area (Å²) in [5.74, 6) is 0.620. The van der Waals surface area contributed by atoms with Gasteiger partial charge in [0.2, 0.25) is 0 Å². The van der Waals surface area contributed by atoms with Gasteiger partial charge in [-0.05, 0) is 42.8 Å². The predicted octanol–water partition coefficient (Wildman–Crippen LogP) is 3.31. The van der Waals surface area contributed by atoms with Crippen LogP contribution in [0.5, 0.6) is 5.75 Å². The number of carbonyl (C=O) groups is 1. The van der Waals surface area contributed by atoms with Crippen LogP contribution in [0.15, 0.2) is 48.8 Å². The van der Waals surface area contributed by atoms with Gasteiger partial charge in [0.25, 0.3) is 0 Å². The van der Waals surface area contributed by atoms with E-state index in [0.717, 1.165) is 5.56 Å². The molecule has 0 bridgehead atoms. The fraction of sp³-hybridized carbons (Fsp3) is 0.200. The smallest absolute Gasteiger partial charge is 0.177 e. The molecule has 0 aliphatic carbocycles. The van der Waals surface area contributed by atoms with Crippen LogP contribution in [0.25, 0.3) is 0 Å². The highest BCUT2D eigenvalue weighted by Crippen LogP contribution is 2.18. The molecule has 0 amide bonds. The van der Waals surface area contributed by atoms with Crippen LogP contribution in [0.1, 0.15) is 12.5 Å². The first-order valence-corrected chi connectivity index (χ1v) is 6.37. The lowest BCUT2D eigenvalue weighted by Crippen LogP contribution is -2.25. The van der Waals surface area contributed by atoms with Crippen molar-refractivity contribution in [1.29, 1.82) is 0 Å². The van der Waals surface area contributed by atoms with Crippen molar-refractivity contribution in [2.45, 2.75) is 19.4 Å². The van der Waals surface area contributed by atoms with Crippen LogP contribution in [-0.4, -0.2) is 16.9 Å². The van der Waals surface area contributed by atoms with Crippen LogP contribution in [-0.2, 0) is 11.2 Å². The Morgan fingerprint density at radius 1 is 1.32 bits per heavy atom. The fourth-order valence-corrected chi connectivity index (χ4v) is 1.84. The Morgan fingerprint density at radius 2 is 2.05 bits per heavy atom. The molecule has 0 saturated heterocycles. The van der Waals surface area contributed by atoms with Crippen molar-refractivity contribution < 1.29 is 9.53 Å². The first-order valence-electron chi connectivity index (χ1n) is 5.99. The monoisotopic (exact) mass is 275 g/mol. The highest BCUT2D eigenvalue weighted by molar-refractivity contribution is 6.30. The third-order valence-corrected chi connectivity index (χ3v) is 2.93. The lowest BCUT2D eigenvalue weighted by Gasteiger charge is -2.13. The normalized spacial score (nSPS) is 11.9. The molecule has 0 fully saturated rings. The Bertz CT molecular complexity index is 557. The van der Waals surface area contributed by atoms with E-state index in [1.165, 1.54) is 0 Å². The van der Waals surface area contributed by atoms with Crippen molar-refractivity contribution in [2.24, 2.45) is 0 Å². The van der Waals surface area contributed by atoms with Crippen LogP contribution in [0, 0.1) is 0 Å². The number of hydrogen-bond donors (Lipinski definition) is 0. The number of Topliss-reactive ketones (excluding diaryl/α,β-unsaturated/α-hetero) is 1. The number of hydrogen-bond acceptors (Lipinski definition) is 3. The number of benzene rings is 1. The molecule has 4 heteroatoms. The van der Waals surface area contributed by atoms with Crippen molar-refractivity contribution in [3.05, 3.63) is 59.4 Å². The number of pyridine rings is 1. The summed E-state index contributed by atoms with van der Waals surface area (Å²) in [5, 5.41) is 0.589. The summed E-state index contributed by atoms with van der Waals surface area (Å²) in [6.45, 7) is 1.74. The molecular weight excluding hydrogens is 262 g/mol. The van der Waals surface area contributed by atoms with E-state index in [1.807, 2.05) is 12.1 Å². The van der Waals surface area contributed by atoms with Crippen molar-refractivity contribution in [3.8, 4) is 5.75 Å². The molecule has 1 heterocycles. The molecule has 0 aliphatic rings. The van der Waals surface area contributed by atoms with E-state index in [9.17, 15) is 4.79 Å². The quantitative estimate of drug-likeness (QED) is 0.840. The minimum Gasteiger partial charge on any atom is -0.483 e. The van der Waals surface area contributed by atoms with E-state index in [4.69, 9.17) is 16.3 Å². The van der Waals surface area contributed by atoms with Gasteiger partial charge in [-0.25, -0.2) is 0 Å². The Balaban J connectivity index is 1.96. The highest BCUT2D eigenvalue weighted by atomic mass is 35.5. The minimum absolute atomic E-state index is 0.0196. The second-order valence-corrected chi connectivity index (χ2v) is 4.65. The molecule has 0 spiro atoms. The molecule has 1 unspecified atom stereocenters. The Labute approximate surface area is 117 Å². The highest BCUT2D eigenvalue weighted by Gasteiger charge is 2.15. The molecule has 0 N–H and O–H groups in total. The largest absolute Gasteiger partial charge is 0.483 e. The number of halogens is 1. The van der Waals surface area contributed by atoms with Gasteiger partial charge in [-0.15, -0.1) is 0 Å². The van der Waals surface area contributed by atoms with E-state index >= 15 is 0 Å². The van der Waals surface area contributed by atoms with Crippen LogP contribution >= 0.6 is 11.6 Å². The maximum absolute atomic E-state index is 12.0. The molecule has 19 heavy (non-hydrogen) atoms. The summed E-state index contributed by atoms with van der Waals surface area (Å²) in [7, 11) is 0. The number of ether oxygens (including phenoxy) is 1.